The van der Waals surface area contributed by atoms with Crippen LogP contribution >= 0.6 is 0 Å². The molecule has 0 aliphatic heterocycles. The van der Waals surface area contributed by atoms with Gasteiger partial charge in [0.15, 0.2) is 0 Å². The van der Waals surface area contributed by atoms with Crippen molar-refractivity contribution in [3.05, 3.63) is 49.2 Å². The number of carbonyl (C=O) groups is 1. The maximum atomic E-state index is 12.3. The molecule has 90 valence electrons. The number of hydrogen-bond acceptors (Lipinski definition) is 3. The van der Waals surface area contributed by atoms with E-state index in [2.05, 4.69) is 23.5 Å². The van der Waals surface area contributed by atoms with Crippen LogP contribution in [0.2, 0.25) is 0 Å². The lowest BCUT2D eigenvalue weighted by molar-refractivity contribution is 0.0791. The SMILES string of the molecule is C=CCN(CC=C)C(=O)c1cccnc1NC. The van der Waals surface area contributed by atoms with Crippen LogP contribution < -0.4 is 5.32 Å². The highest BCUT2D eigenvalue weighted by Gasteiger charge is 2.16. The average molecular weight is 231 g/mol. The van der Waals surface area contributed by atoms with Gasteiger partial charge in [-0.2, -0.15) is 0 Å². The fourth-order valence-corrected chi connectivity index (χ4v) is 1.50. The summed E-state index contributed by atoms with van der Waals surface area (Å²) in [6.45, 7) is 8.26. The van der Waals surface area contributed by atoms with E-state index in [9.17, 15) is 4.79 Å². The molecule has 1 amide bonds. The summed E-state index contributed by atoms with van der Waals surface area (Å²) in [6.07, 6.45) is 5.03. The summed E-state index contributed by atoms with van der Waals surface area (Å²) in [5.41, 5.74) is 0.554. The van der Waals surface area contributed by atoms with Gasteiger partial charge in [0.05, 0.1) is 5.56 Å². The first-order valence-electron chi connectivity index (χ1n) is 5.38. The van der Waals surface area contributed by atoms with Gasteiger partial charge in [0.25, 0.3) is 5.91 Å². The van der Waals surface area contributed by atoms with Gasteiger partial charge in [0.2, 0.25) is 0 Å². The molecular formula is C13H17N3O. The molecule has 1 heterocycles. The molecule has 0 saturated heterocycles. The van der Waals surface area contributed by atoms with Crippen LogP contribution in [0.3, 0.4) is 0 Å². The second kappa shape index (κ2) is 6.48. The Hall–Kier alpha value is -2.10. The first kappa shape index (κ1) is 13.0. The van der Waals surface area contributed by atoms with Gasteiger partial charge >= 0.3 is 0 Å². The molecule has 1 N–H and O–H groups in total. The second-order valence-corrected chi connectivity index (χ2v) is 3.44. The number of aromatic nitrogens is 1. The van der Waals surface area contributed by atoms with Crippen molar-refractivity contribution >= 4 is 11.7 Å². The normalized spacial score (nSPS) is 9.47. The van der Waals surface area contributed by atoms with Gasteiger partial charge in [-0.05, 0) is 12.1 Å². The van der Waals surface area contributed by atoms with Crippen molar-refractivity contribution in [1.29, 1.82) is 0 Å². The topological polar surface area (TPSA) is 45.2 Å². The molecule has 0 saturated carbocycles. The van der Waals surface area contributed by atoms with E-state index < -0.39 is 0 Å². The monoisotopic (exact) mass is 231 g/mol. The highest BCUT2D eigenvalue weighted by Crippen LogP contribution is 2.13. The van der Waals surface area contributed by atoms with E-state index in [1.807, 2.05) is 0 Å². The lowest BCUT2D eigenvalue weighted by atomic mass is 10.2. The summed E-state index contributed by atoms with van der Waals surface area (Å²) in [7, 11) is 1.74. The molecule has 1 rings (SSSR count). The van der Waals surface area contributed by atoms with Crippen LogP contribution in [0.5, 0.6) is 0 Å². The van der Waals surface area contributed by atoms with Gasteiger partial charge in [-0.25, -0.2) is 4.98 Å². The Morgan fingerprint density at radius 2 is 2.12 bits per heavy atom. The first-order chi connectivity index (χ1) is 8.24. The highest BCUT2D eigenvalue weighted by atomic mass is 16.2. The third-order valence-electron chi connectivity index (χ3n) is 2.26. The van der Waals surface area contributed by atoms with Gasteiger partial charge < -0.3 is 10.2 Å². The number of nitrogens with one attached hydrogen (secondary N) is 1. The maximum Gasteiger partial charge on any atom is 0.258 e. The number of amides is 1. The molecule has 4 nitrogen and oxygen atoms in total. The van der Waals surface area contributed by atoms with E-state index in [0.29, 0.717) is 24.5 Å². The van der Waals surface area contributed by atoms with Crippen molar-refractivity contribution in [2.75, 3.05) is 25.5 Å². The van der Waals surface area contributed by atoms with Crippen molar-refractivity contribution in [1.82, 2.24) is 9.88 Å². The quantitative estimate of drug-likeness (QED) is 0.761. The van der Waals surface area contributed by atoms with E-state index in [1.165, 1.54) is 0 Å². The fraction of sp³-hybridized carbons (Fsp3) is 0.231. The third kappa shape index (κ3) is 3.17. The van der Waals surface area contributed by atoms with E-state index in [0.717, 1.165) is 0 Å². The summed E-state index contributed by atoms with van der Waals surface area (Å²) >= 11 is 0. The third-order valence-corrected chi connectivity index (χ3v) is 2.26. The summed E-state index contributed by atoms with van der Waals surface area (Å²) in [5.74, 6) is 0.498. The second-order valence-electron chi connectivity index (χ2n) is 3.44. The van der Waals surface area contributed by atoms with Gasteiger partial charge in [0.1, 0.15) is 5.82 Å². The van der Waals surface area contributed by atoms with Crippen molar-refractivity contribution in [2.45, 2.75) is 0 Å². The van der Waals surface area contributed by atoms with E-state index >= 15 is 0 Å². The molecule has 0 fully saturated rings. The van der Waals surface area contributed by atoms with Gasteiger partial charge in [-0.1, -0.05) is 12.2 Å². The Morgan fingerprint density at radius 3 is 2.65 bits per heavy atom. The predicted octanol–water partition coefficient (Wildman–Crippen LogP) is 1.94. The molecule has 1 aromatic rings. The Labute approximate surface area is 102 Å². The average Bonchev–Trinajstić information content (AvgIpc) is 2.37. The molecule has 0 aliphatic carbocycles. The minimum Gasteiger partial charge on any atom is -0.372 e. The molecule has 0 bridgehead atoms. The molecule has 0 spiro atoms. The highest BCUT2D eigenvalue weighted by molar-refractivity contribution is 5.98. The Morgan fingerprint density at radius 1 is 1.47 bits per heavy atom. The zero-order valence-electron chi connectivity index (χ0n) is 10.0. The number of rotatable bonds is 6. The van der Waals surface area contributed by atoms with Crippen LogP contribution in [0, 0.1) is 0 Å². The minimum absolute atomic E-state index is 0.0812. The predicted molar refractivity (Wildman–Crippen MR) is 70.1 cm³/mol. The molecule has 4 heteroatoms. The molecule has 0 unspecified atom stereocenters. The van der Waals surface area contributed by atoms with Crippen LogP contribution in [0.4, 0.5) is 5.82 Å². The molecule has 0 atom stereocenters. The standard InChI is InChI=1S/C13H17N3O/c1-4-9-16(10-5-2)13(17)11-7-6-8-15-12(11)14-3/h4-8H,1-2,9-10H2,3H3,(H,14,15). The largest absolute Gasteiger partial charge is 0.372 e. The number of hydrogen-bond donors (Lipinski definition) is 1. The summed E-state index contributed by atoms with van der Waals surface area (Å²) < 4.78 is 0. The van der Waals surface area contributed by atoms with Crippen LogP contribution in [0.1, 0.15) is 10.4 Å². The molecule has 0 aromatic carbocycles. The lowest BCUT2D eigenvalue weighted by Gasteiger charge is -2.20. The van der Waals surface area contributed by atoms with Gasteiger partial charge in [-0.15, -0.1) is 13.2 Å². The maximum absolute atomic E-state index is 12.3. The van der Waals surface area contributed by atoms with Crippen LogP contribution in [0.15, 0.2) is 43.6 Å². The van der Waals surface area contributed by atoms with Crippen molar-refractivity contribution in [3.63, 3.8) is 0 Å². The van der Waals surface area contributed by atoms with Crippen molar-refractivity contribution in [3.8, 4) is 0 Å². The zero-order chi connectivity index (χ0) is 12.7. The fourth-order valence-electron chi connectivity index (χ4n) is 1.50. The van der Waals surface area contributed by atoms with Crippen molar-refractivity contribution < 1.29 is 4.79 Å². The zero-order valence-corrected chi connectivity index (χ0v) is 10.0. The first-order valence-corrected chi connectivity index (χ1v) is 5.38. The van der Waals surface area contributed by atoms with Crippen LogP contribution in [0.25, 0.3) is 0 Å². The smallest absolute Gasteiger partial charge is 0.258 e. The Balaban J connectivity index is 2.99. The molecule has 0 aliphatic rings. The molecule has 0 radical (unpaired) electrons. The number of pyridine rings is 1. The lowest BCUT2D eigenvalue weighted by Crippen LogP contribution is -2.31. The van der Waals surface area contributed by atoms with E-state index in [1.54, 1.807) is 42.4 Å². The van der Waals surface area contributed by atoms with Gasteiger partial charge in [-0.3, -0.25) is 4.79 Å². The summed E-state index contributed by atoms with van der Waals surface area (Å²) in [5, 5.41) is 2.91. The van der Waals surface area contributed by atoms with E-state index in [-0.39, 0.29) is 5.91 Å². The number of anilines is 1. The van der Waals surface area contributed by atoms with Crippen LogP contribution in [-0.2, 0) is 0 Å². The molecule has 17 heavy (non-hydrogen) atoms. The Bertz CT molecular complexity index is 405. The minimum atomic E-state index is -0.0812. The summed E-state index contributed by atoms with van der Waals surface area (Å²) in [6, 6.07) is 3.49. The van der Waals surface area contributed by atoms with Gasteiger partial charge in [0, 0.05) is 26.3 Å². The number of nitrogens with zero attached hydrogens (tertiary/aromatic N) is 2. The van der Waals surface area contributed by atoms with Crippen LogP contribution in [-0.4, -0.2) is 35.9 Å². The summed E-state index contributed by atoms with van der Waals surface area (Å²) in [4.78, 5) is 18.0. The van der Waals surface area contributed by atoms with Crippen molar-refractivity contribution in [2.24, 2.45) is 0 Å². The number of carbonyl (C=O) groups excluding carboxylic acids is 1. The Kier molecular flexibility index (Phi) is 4.94. The van der Waals surface area contributed by atoms with E-state index in [4.69, 9.17) is 0 Å². The molecular weight excluding hydrogens is 214 g/mol. The molecule has 1 aromatic heterocycles.